The quantitative estimate of drug-likeness (QED) is 0.217. The van der Waals surface area contributed by atoms with Crippen molar-refractivity contribution in [2.24, 2.45) is 0 Å². The average molecular weight is 366 g/mol. The van der Waals surface area contributed by atoms with Gasteiger partial charge in [0.1, 0.15) is 0 Å². The molecule has 6 heteroatoms. The van der Waals surface area contributed by atoms with E-state index in [-0.39, 0.29) is 0 Å². The first-order chi connectivity index (χ1) is 12.0. The number of halogens is 5. The van der Waals surface area contributed by atoms with E-state index in [4.69, 9.17) is 0 Å². The minimum atomic E-state index is -2.09. The highest BCUT2D eigenvalue weighted by Crippen LogP contribution is 2.24. The largest absolute Gasteiger partial charge is 0.297 e. The summed E-state index contributed by atoms with van der Waals surface area (Å²) in [6, 6.07) is 0. The maximum absolute atomic E-state index is 14.1. The molecule has 1 aromatic carbocycles. The van der Waals surface area contributed by atoms with Gasteiger partial charge >= 0.3 is 0 Å². The van der Waals surface area contributed by atoms with Gasteiger partial charge in [-0.3, -0.25) is 4.90 Å². The topological polar surface area (TPSA) is 4.44 Å². The van der Waals surface area contributed by atoms with Crippen molar-refractivity contribution in [2.45, 2.75) is 71.6 Å². The molecule has 0 aliphatic heterocycles. The van der Waals surface area contributed by atoms with Gasteiger partial charge in [-0.1, -0.05) is 52.4 Å². The maximum atomic E-state index is 14.1. The number of rotatable bonds is 12. The van der Waals surface area contributed by atoms with Gasteiger partial charge in [0.05, 0.1) is 13.1 Å². The van der Waals surface area contributed by atoms with Crippen molar-refractivity contribution in [3.05, 3.63) is 29.1 Å². The van der Waals surface area contributed by atoms with Crippen molar-refractivity contribution in [3.8, 4) is 0 Å². The summed E-state index contributed by atoms with van der Waals surface area (Å²) in [7, 11) is 0. The summed E-state index contributed by atoms with van der Waals surface area (Å²) in [5.41, 5.74) is -0.712. The molecule has 0 spiro atoms. The fourth-order valence-electron chi connectivity index (χ4n) is 2.98. The molecular weight excluding hydrogens is 337 g/mol. The third-order valence-electron chi connectivity index (χ3n) is 4.48. The Balaban J connectivity index is 2.79. The molecule has 0 aliphatic rings. The van der Waals surface area contributed by atoms with Gasteiger partial charge in [0.2, 0.25) is 34.8 Å². The Hall–Kier alpha value is -1.17. The summed E-state index contributed by atoms with van der Waals surface area (Å²) < 4.78 is 68.3. The molecule has 0 aromatic heterocycles. The van der Waals surface area contributed by atoms with Crippen LogP contribution in [0.2, 0.25) is 0 Å². The predicted octanol–water partition coefficient (Wildman–Crippen LogP) is 5.45. The third kappa shape index (κ3) is 6.24. The van der Waals surface area contributed by atoms with Crippen LogP contribution in [-0.2, 0) is 0 Å². The number of unbranched alkanes of at least 4 members (excludes halogenated alkanes) is 7. The van der Waals surface area contributed by atoms with Gasteiger partial charge < -0.3 is 0 Å². The van der Waals surface area contributed by atoms with E-state index in [1.54, 1.807) is 0 Å². The van der Waals surface area contributed by atoms with E-state index in [1.807, 2.05) is 6.92 Å². The summed E-state index contributed by atoms with van der Waals surface area (Å²) >= 11 is 0. The van der Waals surface area contributed by atoms with Crippen LogP contribution in [0.25, 0.3) is 0 Å². The normalized spacial score (nSPS) is 12.6. The van der Waals surface area contributed by atoms with E-state index >= 15 is 0 Å². The second-order valence-electron chi connectivity index (χ2n) is 6.52. The van der Waals surface area contributed by atoms with Crippen molar-refractivity contribution >= 4 is 5.69 Å². The summed E-state index contributed by atoms with van der Waals surface area (Å²) in [6.45, 7) is 4.78. The highest BCUT2D eigenvalue weighted by atomic mass is 19.2. The monoisotopic (exact) mass is 366 g/mol. The Bertz CT molecular complexity index is 504. The molecule has 1 N–H and O–H groups in total. The van der Waals surface area contributed by atoms with E-state index in [0.717, 1.165) is 32.1 Å². The van der Waals surface area contributed by atoms with E-state index in [9.17, 15) is 22.0 Å². The van der Waals surface area contributed by atoms with Gasteiger partial charge in [-0.05, 0) is 19.3 Å². The van der Waals surface area contributed by atoms with Gasteiger partial charge in [0.25, 0.3) is 0 Å². The van der Waals surface area contributed by atoms with Crippen molar-refractivity contribution in [2.75, 3.05) is 13.1 Å². The van der Waals surface area contributed by atoms with Gasteiger partial charge in [0, 0.05) is 0 Å². The molecule has 0 bridgehead atoms. The Morgan fingerprint density at radius 1 is 0.520 bits per heavy atom. The molecule has 1 nitrogen and oxygen atoms in total. The minimum absolute atomic E-state index is 0.336. The Morgan fingerprint density at radius 2 is 0.920 bits per heavy atom. The van der Waals surface area contributed by atoms with Crippen molar-refractivity contribution in [1.82, 2.24) is 0 Å². The van der Waals surface area contributed by atoms with Crippen LogP contribution in [0.5, 0.6) is 0 Å². The molecule has 0 saturated heterocycles. The minimum Gasteiger partial charge on any atom is -0.297 e. The molecule has 0 heterocycles. The molecule has 0 radical (unpaired) electrons. The van der Waals surface area contributed by atoms with Crippen LogP contribution in [0, 0.1) is 29.1 Å². The molecule has 1 aromatic rings. The summed E-state index contributed by atoms with van der Waals surface area (Å²) in [4.78, 5) is 0.336. The Kier molecular flexibility index (Phi) is 10.0. The van der Waals surface area contributed by atoms with Gasteiger partial charge in [-0.25, -0.2) is 13.2 Å². The van der Waals surface area contributed by atoms with Crippen LogP contribution in [0.3, 0.4) is 0 Å². The first-order valence-corrected chi connectivity index (χ1v) is 9.32. The SMILES string of the molecule is CCCCCCCCC[NH+](CCCC)c1c(F)c(F)c(F)c(F)c1F. The number of nitrogens with one attached hydrogen (secondary N) is 1. The Labute approximate surface area is 147 Å². The van der Waals surface area contributed by atoms with Crippen LogP contribution in [0.1, 0.15) is 71.6 Å². The smallest absolute Gasteiger partial charge is 0.225 e. The molecule has 0 saturated carbocycles. The lowest BCUT2D eigenvalue weighted by Crippen LogP contribution is -3.07. The zero-order chi connectivity index (χ0) is 18.8. The lowest BCUT2D eigenvalue weighted by atomic mass is 10.1. The van der Waals surface area contributed by atoms with Gasteiger partial charge in [-0.2, -0.15) is 8.78 Å². The lowest BCUT2D eigenvalue weighted by molar-refractivity contribution is -0.835. The molecule has 0 aliphatic carbocycles. The molecule has 0 amide bonds. The average Bonchev–Trinajstić information content (AvgIpc) is 2.61. The molecule has 1 atom stereocenters. The van der Waals surface area contributed by atoms with Crippen LogP contribution in [0.4, 0.5) is 27.6 Å². The van der Waals surface area contributed by atoms with E-state index in [2.05, 4.69) is 6.92 Å². The van der Waals surface area contributed by atoms with Crippen LogP contribution < -0.4 is 4.90 Å². The summed E-state index contributed by atoms with van der Waals surface area (Å²) in [5.74, 6) is -9.22. The molecule has 1 rings (SSSR count). The molecular formula is C19H29F5N+. The first-order valence-electron chi connectivity index (χ1n) is 9.32. The van der Waals surface area contributed by atoms with E-state index in [1.165, 1.54) is 12.8 Å². The fraction of sp³-hybridized carbons (Fsp3) is 0.684. The number of quaternary nitrogens is 1. The molecule has 0 fully saturated rings. The zero-order valence-electron chi connectivity index (χ0n) is 15.2. The Morgan fingerprint density at radius 3 is 1.44 bits per heavy atom. The van der Waals surface area contributed by atoms with Gasteiger partial charge in [0.15, 0.2) is 0 Å². The fourth-order valence-corrected chi connectivity index (χ4v) is 2.98. The highest BCUT2D eigenvalue weighted by molar-refractivity contribution is 5.35. The first kappa shape index (κ1) is 21.9. The second-order valence-corrected chi connectivity index (χ2v) is 6.52. The van der Waals surface area contributed by atoms with Crippen LogP contribution >= 0.6 is 0 Å². The second kappa shape index (κ2) is 11.4. The summed E-state index contributed by atoms with van der Waals surface area (Å²) in [5, 5.41) is 0. The number of benzene rings is 1. The van der Waals surface area contributed by atoms with Crippen molar-refractivity contribution in [3.63, 3.8) is 0 Å². The molecule has 144 valence electrons. The number of hydrogen-bond acceptors (Lipinski definition) is 0. The lowest BCUT2D eigenvalue weighted by Gasteiger charge is -2.20. The predicted molar refractivity (Wildman–Crippen MR) is 89.5 cm³/mol. The van der Waals surface area contributed by atoms with Gasteiger partial charge in [-0.15, -0.1) is 0 Å². The molecule has 1 unspecified atom stereocenters. The standard InChI is InChI=1S/C19H28F5N/c1-3-5-7-8-9-10-11-13-25(12-6-4-2)19-17(23)15(21)14(20)16(22)18(19)24/h3-13H2,1-2H3/p+1. The highest BCUT2D eigenvalue weighted by Gasteiger charge is 2.32. The van der Waals surface area contributed by atoms with E-state index < -0.39 is 34.8 Å². The summed E-state index contributed by atoms with van der Waals surface area (Å²) in [6.07, 6.45) is 8.70. The van der Waals surface area contributed by atoms with Crippen molar-refractivity contribution < 1.29 is 26.9 Å². The number of hydrogen-bond donors (Lipinski definition) is 1. The van der Waals surface area contributed by atoms with Crippen LogP contribution in [-0.4, -0.2) is 13.1 Å². The van der Waals surface area contributed by atoms with E-state index in [0.29, 0.717) is 30.8 Å². The zero-order valence-corrected chi connectivity index (χ0v) is 15.2. The third-order valence-corrected chi connectivity index (χ3v) is 4.48. The molecule has 25 heavy (non-hydrogen) atoms. The van der Waals surface area contributed by atoms with Crippen molar-refractivity contribution in [1.29, 1.82) is 0 Å². The maximum Gasteiger partial charge on any atom is 0.225 e. The van der Waals surface area contributed by atoms with Crippen LogP contribution in [0.15, 0.2) is 0 Å².